The smallest absolute Gasteiger partial charge is 0.261 e. The monoisotopic (exact) mass is 291 g/mol. The highest BCUT2D eigenvalue weighted by Crippen LogP contribution is 2.12. The normalized spacial score (nSPS) is 19.1. The summed E-state index contributed by atoms with van der Waals surface area (Å²) < 4.78 is 5.47. The third-order valence-corrected chi connectivity index (χ3v) is 3.56. The van der Waals surface area contributed by atoms with Crippen LogP contribution in [-0.2, 0) is 9.59 Å². The van der Waals surface area contributed by atoms with Gasteiger partial charge in [0.1, 0.15) is 11.8 Å². The van der Waals surface area contributed by atoms with Crippen LogP contribution >= 0.6 is 0 Å². The van der Waals surface area contributed by atoms with Gasteiger partial charge in [0.2, 0.25) is 5.91 Å². The van der Waals surface area contributed by atoms with Crippen LogP contribution in [-0.4, -0.2) is 68.0 Å². The lowest BCUT2D eigenvalue weighted by atomic mass is 10.1. The molecule has 1 unspecified atom stereocenters. The van der Waals surface area contributed by atoms with Crippen LogP contribution in [0.15, 0.2) is 30.3 Å². The fourth-order valence-electron chi connectivity index (χ4n) is 2.35. The van der Waals surface area contributed by atoms with E-state index in [2.05, 4.69) is 5.32 Å². The first kappa shape index (κ1) is 15.3. The van der Waals surface area contributed by atoms with E-state index in [0.717, 1.165) is 6.54 Å². The van der Waals surface area contributed by atoms with Gasteiger partial charge in [-0.1, -0.05) is 18.2 Å². The molecule has 1 fully saturated rings. The molecule has 1 atom stereocenters. The molecular formula is C15H21N3O3. The molecule has 6 heteroatoms. The number of hydrogen-bond donors (Lipinski definition) is 1. The van der Waals surface area contributed by atoms with Crippen molar-refractivity contribution in [3.8, 4) is 5.75 Å². The van der Waals surface area contributed by atoms with Crippen LogP contribution in [0, 0.1) is 0 Å². The van der Waals surface area contributed by atoms with Crippen LogP contribution in [0.1, 0.15) is 0 Å². The first-order valence-corrected chi connectivity index (χ1v) is 6.99. The van der Waals surface area contributed by atoms with E-state index < -0.39 is 6.04 Å². The lowest BCUT2D eigenvalue weighted by Crippen LogP contribution is -2.60. The minimum Gasteiger partial charge on any atom is -0.484 e. The fourth-order valence-corrected chi connectivity index (χ4v) is 2.35. The molecule has 2 rings (SSSR count). The standard InChI is InChI=1S/C15H21N3O3/c1-16-15(20)13-10-17(2)8-9-18(13)14(19)11-21-12-6-4-3-5-7-12/h3-7,13H,8-11H2,1-2H3,(H,16,20). The van der Waals surface area contributed by atoms with Crippen molar-refractivity contribution in [2.24, 2.45) is 0 Å². The quantitative estimate of drug-likeness (QED) is 0.845. The third-order valence-electron chi connectivity index (χ3n) is 3.56. The van der Waals surface area contributed by atoms with Crippen molar-refractivity contribution in [3.05, 3.63) is 30.3 Å². The van der Waals surface area contributed by atoms with Gasteiger partial charge in [-0.25, -0.2) is 0 Å². The number of hydrogen-bond acceptors (Lipinski definition) is 4. The molecule has 1 aliphatic rings. The number of nitrogens with zero attached hydrogens (tertiary/aromatic N) is 2. The summed E-state index contributed by atoms with van der Waals surface area (Å²) in [6, 6.07) is 8.73. The lowest BCUT2D eigenvalue weighted by Gasteiger charge is -2.38. The molecule has 1 aromatic rings. The topological polar surface area (TPSA) is 61.9 Å². The number of carbonyl (C=O) groups excluding carboxylic acids is 2. The second kappa shape index (κ2) is 7.08. The van der Waals surface area contributed by atoms with Crippen molar-refractivity contribution in [2.75, 3.05) is 40.3 Å². The second-order valence-electron chi connectivity index (χ2n) is 5.08. The van der Waals surface area contributed by atoms with E-state index in [1.165, 1.54) is 0 Å². The zero-order chi connectivity index (χ0) is 15.2. The molecule has 0 saturated carbocycles. The molecule has 0 bridgehead atoms. The Morgan fingerprint density at radius 2 is 2.00 bits per heavy atom. The number of ether oxygens (including phenoxy) is 1. The van der Waals surface area contributed by atoms with Crippen LogP contribution in [0.25, 0.3) is 0 Å². The van der Waals surface area contributed by atoms with E-state index in [4.69, 9.17) is 4.74 Å². The van der Waals surface area contributed by atoms with Crippen molar-refractivity contribution in [1.29, 1.82) is 0 Å². The van der Waals surface area contributed by atoms with Gasteiger partial charge in [-0.05, 0) is 19.2 Å². The van der Waals surface area contributed by atoms with Gasteiger partial charge in [0.25, 0.3) is 5.91 Å². The maximum atomic E-state index is 12.3. The largest absolute Gasteiger partial charge is 0.484 e. The Morgan fingerprint density at radius 3 is 2.67 bits per heavy atom. The lowest BCUT2D eigenvalue weighted by molar-refractivity contribution is -0.144. The molecule has 0 radical (unpaired) electrons. The van der Waals surface area contributed by atoms with Gasteiger partial charge < -0.3 is 19.9 Å². The second-order valence-corrected chi connectivity index (χ2v) is 5.08. The molecule has 1 heterocycles. The van der Waals surface area contributed by atoms with Crippen LogP contribution in [0.4, 0.5) is 0 Å². The number of para-hydroxylation sites is 1. The number of carbonyl (C=O) groups is 2. The van der Waals surface area contributed by atoms with E-state index >= 15 is 0 Å². The summed E-state index contributed by atoms with van der Waals surface area (Å²) in [6.07, 6.45) is 0. The number of nitrogens with one attached hydrogen (secondary N) is 1. The van der Waals surface area contributed by atoms with Gasteiger partial charge in [0.15, 0.2) is 6.61 Å². The summed E-state index contributed by atoms with van der Waals surface area (Å²) >= 11 is 0. The van der Waals surface area contributed by atoms with Gasteiger partial charge in [-0.3, -0.25) is 9.59 Å². The summed E-state index contributed by atoms with van der Waals surface area (Å²) in [5.41, 5.74) is 0. The van der Waals surface area contributed by atoms with E-state index in [1.54, 1.807) is 24.1 Å². The average Bonchev–Trinajstić information content (AvgIpc) is 2.52. The molecule has 0 aliphatic carbocycles. The zero-order valence-electron chi connectivity index (χ0n) is 12.4. The number of likely N-dealkylation sites (N-methyl/N-ethyl adjacent to an activating group) is 2. The van der Waals surface area contributed by atoms with Gasteiger partial charge in [-0.15, -0.1) is 0 Å². The van der Waals surface area contributed by atoms with Gasteiger partial charge >= 0.3 is 0 Å². The van der Waals surface area contributed by atoms with Gasteiger partial charge in [-0.2, -0.15) is 0 Å². The highest BCUT2D eigenvalue weighted by atomic mass is 16.5. The molecule has 1 aromatic carbocycles. The molecule has 6 nitrogen and oxygen atoms in total. The van der Waals surface area contributed by atoms with E-state index in [0.29, 0.717) is 18.8 Å². The van der Waals surface area contributed by atoms with Crippen molar-refractivity contribution >= 4 is 11.8 Å². The summed E-state index contributed by atoms with van der Waals surface area (Å²) in [4.78, 5) is 27.9. The number of rotatable bonds is 4. The van der Waals surface area contributed by atoms with Gasteiger partial charge in [0.05, 0.1) is 0 Å². The summed E-state index contributed by atoms with van der Waals surface area (Å²) in [7, 11) is 3.53. The minimum absolute atomic E-state index is 0.0543. The van der Waals surface area contributed by atoms with Crippen LogP contribution in [0.5, 0.6) is 5.75 Å². The maximum Gasteiger partial charge on any atom is 0.261 e. The van der Waals surface area contributed by atoms with Gasteiger partial charge in [0, 0.05) is 26.7 Å². The van der Waals surface area contributed by atoms with Crippen molar-refractivity contribution in [3.63, 3.8) is 0 Å². The van der Waals surface area contributed by atoms with Crippen molar-refractivity contribution < 1.29 is 14.3 Å². The van der Waals surface area contributed by atoms with E-state index in [-0.39, 0.29) is 18.4 Å². The highest BCUT2D eigenvalue weighted by Gasteiger charge is 2.33. The molecule has 1 saturated heterocycles. The number of amides is 2. The molecule has 21 heavy (non-hydrogen) atoms. The molecule has 114 valence electrons. The average molecular weight is 291 g/mol. The molecule has 2 amide bonds. The maximum absolute atomic E-state index is 12.3. The number of piperazine rings is 1. The Kier molecular flexibility index (Phi) is 5.16. The third kappa shape index (κ3) is 3.95. The van der Waals surface area contributed by atoms with Crippen LogP contribution in [0.3, 0.4) is 0 Å². The Hall–Kier alpha value is -2.08. The predicted octanol–water partition coefficient (Wildman–Crippen LogP) is -0.0460. The fraction of sp³-hybridized carbons (Fsp3) is 0.467. The van der Waals surface area contributed by atoms with E-state index in [1.807, 2.05) is 30.1 Å². The molecule has 1 N–H and O–H groups in total. The molecule has 0 aromatic heterocycles. The zero-order valence-corrected chi connectivity index (χ0v) is 12.4. The Bertz CT molecular complexity index is 492. The van der Waals surface area contributed by atoms with E-state index in [9.17, 15) is 9.59 Å². The summed E-state index contributed by atoms with van der Waals surface area (Å²) in [5, 5.41) is 2.61. The highest BCUT2D eigenvalue weighted by molar-refractivity contribution is 5.88. The Balaban J connectivity index is 1.97. The predicted molar refractivity (Wildman–Crippen MR) is 79.0 cm³/mol. The number of benzene rings is 1. The molecule has 0 spiro atoms. The van der Waals surface area contributed by atoms with Crippen LogP contribution < -0.4 is 10.1 Å². The first-order chi connectivity index (χ1) is 10.1. The Morgan fingerprint density at radius 1 is 1.29 bits per heavy atom. The first-order valence-electron chi connectivity index (χ1n) is 6.99. The summed E-state index contributed by atoms with van der Waals surface area (Å²) in [5.74, 6) is 0.339. The minimum atomic E-state index is -0.458. The van der Waals surface area contributed by atoms with Crippen LogP contribution in [0.2, 0.25) is 0 Å². The van der Waals surface area contributed by atoms with Crippen molar-refractivity contribution in [2.45, 2.75) is 6.04 Å². The van der Waals surface area contributed by atoms with Crippen molar-refractivity contribution in [1.82, 2.24) is 15.1 Å². The molecular weight excluding hydrogens is 270 g/mol. The molecule has 1 aliphatic heterocycles. The Labute approximate surface area is 124 Å². The SMILES string of the molecule is CNC(=O)C1CN(C)CCN1C(=O)COc1ccccc1. The summed E-state index contributed by atoms with van der Waals surface area (Å²) in [6.45, 7) is 1.77.